The van der Waals surface area contributed by atoms with Crippen LogP contribution in [0.5, 0.6) is 0 Å². The third kappa shape index (κ3) is 5.78. The van der Waals surface area contributed by atoms with E-state index in [1.807, 2.05) is 38.1 Å². The molecule has 22 heavy (non-hydrogen) atoms. The summed E-state index contributed by atoms with van der Waals surface area (Å²) in [6.07, 6.45) is -1.33. The van der Waals surface area contributed by atoms with Gasteiger partial charge in [0.25, 0.3) is 0 Å². The SMILES string of the molecule is CC(C)C(O)CC(=O)NCC(O)c1ccc(C(C)(C)C)cc1. The van der Waals surface area contributed by atoms with Gasteiger partial charge in [0.15, 0.2) is 0 Å². The van der Waals surface area contributed by atoms with Crippen LogP contribution in [-0.4, -0.2) is 28.8 Å². The van der Waals surface area contributed by atoms with Gasteiger partial charge in [-0.3, -0.25) is 4.79 Å². The van der Waals surface area contributed by atoms with Crippen molar-refractivity contribution in [1.82, 2.24) is 5.32 Å². The lowest BCUT2D eigenvalue weighted by Crippen LogP contribution is -2.32. The lowest BCUT2D eigenvalue weighted by Gasteiger charge is -2.20. The van der Waals surface area contributed by atoms with Crippen molar-refractivity contribution in [2.24, 2.45) is 5.92 Å². The van der Waals surface area contributed by atoms with Crippen LogP contribution in [0.1, 0.15) is 58.3 Å². The summed E-state index contributed by atoms with van der Waals surface area (Å²) in [7, 11) is 0. The summed E-state index contributed by atoms with van der Waals surface area (Å²) >= 11 is 0. The minimum atomic E-state index is -0.742. The lowest BCUT2D eigenvalue weighted by molar-refractivity contribution is -0.124. The van der Waals surface area contributed by atoms with E-state index >= 15 is 0 Å². The third-order valence-electron chi connectivity index (χ3n) is 3.82. The summed E-state index contributed by atoms with van der Waals surface area (Å²) in [5.74, 6) is -0.202. The number of rotatable bonds is 6. The number of hydrogen-bond acceptors (Lipinski definition) is 3. The van der Waals surface area contributed by atoms with E-state index in [1.54, 1.807) is 0 Å². The predicted octanol–water partition coefficient (Wildman–Crippen LogP) is 2.54. The molecule has 4 heteroatoms. The molecule has 0 radical (unpaired) electrons. The number of carbonyl (C=O) groups excluding carboxylic acids is 1. The Balaban J connectivity index is 2.52. The zero-order chi connectivity index (χ0) is 16.9. The zero-order valence-corrected chi connectivity index (χ0v) is 14.3. The van der Waals surface area contributed by atoms with Crippen molar-refractivity contribution in [2.45, 2.75) is 58.7 Å². The Morgan fingerprint density at radius 3 is 2.14 bits per heavy atom. The minimum absolute atomic E-state index is 0.0422. The maximum absolute atomic E-state index is 11.7. The van der Waals surface area contributed by atoms with Gasteiger partial charge in [0.05, 0.1) is 18.6 Å². The highest BCUT2D eigenvalue weighted by atomic mass is 16.3. The van der Waals surface area contributed by atoms with Gasteiger partial charge in [0.2, 0.25) is 5.91 Å². The van der Waals surface area contributed by atoms with Gasteiger partial charge in [-0.2, -0.15) is 0 Å². The van der Waals surface area contributed by atoms with Gasteiger partial charge in [0, 0.05) is 6.54 Å². The molecule has 124 valence electrons. The Hall–Kier alpha value is -1.39. The molecule has 1 aromatic carbocycles. The van der Waals surface area contributed by atoms with E-state index in [0.717, 1.165) is 5.56 Å². The number of nitrogens with one attached hydrogen (secondary N) is 1. The third-order valence-corrected chi connectivity index (χ3v) is 3.82. The summed E-state index contributed by atoms with van der Waals surface area (Å²) in [6, 6.07) is 7.78. The number of hydrogen-bond donors (Lipinski definition) is 3. The second-order valence-electron chi connectivity index (χ2n) is 7.21. The summed E-state index contributed by atoms with van der Waals surface area (Å²) in [4.78, 5) is 11.7. The van der Waals surface area contributed by atoms with Gasteiger partial charge < -0.3 is 15.5 Å². The topological polar surface area (TPSA) is 69.6 Å². The van der Waals surface area contributed by atoms with E-state index in [2.05, 4.69) is 26.1 Å². The summed E-state index contributed by atoms with van der Waals surface area (Å²) in [5, 5.41) is 22.5. The quantitative estimate of drug-likeness (QED) is 0.756. The molecule has 4 nitrogen and oxygen atoms in total. The smallest absolute Gasteiger partial charge is 0.222 e. The second kappa shape index (κ2) is 7.75. The van der Waals surface area contributed by atoms with Gasteiger partial charge in [-0.05, 0) is 22.5 Å². The average molecular weight is 307 g/mol. The second-order valence-corrected chi connectivity index (χ2v) is 7.21. The molecule has 0 bridgehead atoms. The van der Waals surface area contributed by atoms with Crippen molar-refractivity contribution < 1.29 is 15.0 Å². The van der Waals surface area contributed by atoms with Gasteiger partial charge in [-0.1, -0.05) is 58.9 Å². The standard InChI is InChI=1S/C18H29NO3/c1-12(2)15(20)10-17(22)19-11-16(21)13-6-8-14(9-7-13)18(3,4)5/h6-9,12,15-16,20-21H,10-11H2,1-5H3,(H,19,22). The van der Waals surface area contributed by atoms with Crippen molar-refractivity contribution in [3.8, 4) is 0 Å². The number of carbonyl (C=O) groups is 1. The highest BCUT2D eigenvalue weighted by molar-refractivity contribution is 5.76. The van der Waals surface area contributed by atoms with E-state index in [1.165, 1.54) is 5.56 Å². The molecule has 0 heterocycles. The van der Waals surface area contributed by atoms with Gasteiger partial charge >= 0.3 is 0 Å². The van der Waals surface area contributed by atoms with Crippen LogP contribution >= 0.6 is 0 Å². The van der Waals surface area contributed by atoms with Gasteiger partial charge in [-0.25, -0.2) is 0 Å². The maximum atomic E-state index is 11.7. The van der Waals surface area contributed by atoms with Crippen LogP contribution in [0.25, 0.3) is 0 Å². The van der Waals surface area contributed by atoms with E-state index in [-0.39, 0.29) is 30.2 Å². The molecule has 0 aliphatic carbocycles. The zero-order valence-electron chi connectivity index (χ0n) is 14.3. The Bertz CT molecular complexity index is 474. The molecule has 1 amide bonds. The van der Waals surface area contributed by atoms with E-state index in [0.29, 0.717) is 0 Å². The van der Waals surface area contributed by atoms with Gasteiger partial charge in [0.1, 0.15) is 0 Å². The highest BCUT2D eigenvalue weighted by Gasteiger charge is 2.17. The fourth-order valence-electron chi connectivity index (χ4n) is 2.03. The number of aliphatic hydroxyl groups excluding tert-OH is 2. The van der Waals surface area contributed by atoms with Crippen molar-refractivity contribution in [3.05, 3.63) is 35.4 Å². The summed E-state index contributed by atoms with van der Waals surface area (Å²) in [5.41, 5.74) is 2.05. The van der Waals surface area contributed by atoms with Crippen LogP contribution in [0, 0.1) is 5.92 Å². The molecular weight excluding hydrogens is 278 g/mol. The molecule has 0 aliphatic heterocycles. The van der Waals surface area contributed by atoms with E-state index in [4.69, 9.17) is 0 Å². The van der Waals surface area contributed by atoms with Crippen LogP contribution < -0.4 is 5.32 Å². The molecule has 0 fully saturated rings. The Labute approximate surface area is 133 Å². The molecule has 0 aromatic heterocycles. The Kier molecular flexibility index (Phi) is 6.57. The lowest BCUT2D eigenvalue weighted by atomic mass is 9.86. The van der Waals surface area contributed by atoms with Crippen LogP contribution in [0.15, 0.2) is 24.3 Å². The normalized spacial score (nSPS) is 14.7. The number of aliphatic hydroxyl groups is 2. The van der Waals surface area contributed by atoms with Crippen molar-refractivity contribution >= 4 is 5.91 Å². The molecule has 0 saturated heterocycles. The monoisotopic (exact) mass is 307 g/mol. The van der Waals surface area contributed by atoms with Crippen molar-refractivity contribution in [2.75, 3.05) is 6.54 Å². The van der Waals surface area contributed by atoms with Crippen LogP contribution in [-0.2, 0) is 10.2 Å². The Morgan fingerprint density at radius 2 is 1.68 bits per heavy atom. The largest absolute Gasteiger partial charge is 0.392 e. The minimum Gasteiger partial charge on any atom is -0.392 e. The van der Waals surface area contributed by atoms with Gasteiger partial charge in [-0.15, -0.1) is 0 Å². The molecule has 1 rings (SSSR count). The first-order valence-corrected chi connectivity index (χ1v) is 7.84. The molecule has 2 atom stereocenters. The first kappa shape index (κ1) is 18.7. The number of amides is 1. The van der Waals surface area contributed by atoms with Crippen LogP contribution in [0.3, 0.4) is 0 Å². The molecule has 3 N–H and O–H groups in total. The predicted molar refractivity (Wildman–Crippen MR) is 88.6 cm³/mol. The highest BCUT2D eigenvalue weighted by Crippen LogP contribution is 2.23. The van der Waals surface area contributed by atoms with Crippen LogP contribution in [0.4, 0.5) is 0 Å². The Morgan fingerprint density at radius 1 is 1.14 bits per heavy atom. The fourth-order valence-corrected chi connectivity index (χ4v) is 2.03. The molecule has 0 aliphatic rings. The molecule has 0 spiro atoms. The van der Waals surface area contributed by atoms with E-state index < -0.39 is 12.2 Å². The van der Waals surface area contributed by atoms with Crippen molar-refractivity contribution in [1.29, 1.82) is 0 Å². The maximum Gasteiger partial charge on any atom is 0.222 e. The molecule has 2 unspecified atom stereocenters. The fraction of sp³-hybridized carbons (Fsp3) is 0.611. The average Bonchev–Trinajstić information content (AvgIpc) is 2.43. The molecular formula is C18H29NO3. The molecule has 0 saturated carbocycles. The first-order chi connectivity index (χ1) is 10.1. The first-order valence-electron chi connectivity index (χ1n) is 7.84. The summed E-state index contributed by atoms with van der Waals surface area (Å²) < 4.78 is 0. The van der Waals surface area contributed by atoms with Crippen LogP contribution in [0.2, 0.25) is 0 Å². The number of benzene rings is 1. The molecule has 1 aromatic rings. The van der Waals surface area contributed by atoms with E-state index in [9.17, 15) is 15.0 Å². The summed E-state index contributed by atoms with van der Waals surface area (Å²) in [6.45, 7) is 10.3. The van der Waals surface area contributed by atoms with Crippen molar-refractivity contribution in [3.63, 3.8) is 0 Å².